The second kappa shape index (κ2) is 5.41. The van der Waals surface area contributed by atoms with Gasteiger partial charge in [-0.3, -0.25) is 0 Å². The number of nitrogens with two attached hydrogens (primary N) is 1. The van der Waals surface area contributed by atoms with Crippen molar-refractivity contribution in [1.82, 2.24) is 0 Å². The van der Waals surface area contributed by atoms with Crippen LogP contribution in [0.15, 0.2) is 18.2 Å². The van der Waals surface area contributed by atoms with E-state index in [-0.39, 0.29) is 11.6 Å². The fraction of sp³-hybridized carbons (Fsp3) is 0.625. The summed E-state index contributed by atoms with van der Waals surface area (Å²) in [6.45, 7) is 7.07. The van der Waals surface area contributed by atoms with Crippen LogP contribution in [0.25, 0.3) is 0 Å². The molecule has 0 aliphatic heterocycles. The van der Waals surface area contributed by atoms with E-state index in [4.69, 9.17) is 10.5 Å². The SMILES string of the molecule is CCOC1(C(N)c2cc(C)cc(C)c2)CCCC1. The van der Waals surface area contributed by atoms with Gasteiger partial charge in [-0.05, 0) is 39.2 Å². The van der Waals surface area contributed by atoms with Crippen molar-refractivity contribution >= 4 is 0 Å². The molecule has 0 saturated heterocycles. The maximum absolute atomic E-state index is 6.53. The van der Waals surface area contributed by atoms with Crippen molar-refractivity contribution in [2.45, 2.75) is 58.1 Å². The predicted molar refractivity (Wildman–Crippen MR) is 75.7 cm³/mol. The molecule has 1 atom stereocenters. The minimum absolute atomic E-state index is 0.00134. The Balaban J connectivity index is 2.30. The van der Waals surface area contributed by atoms with Crippen molar-refractivity contribution in [2.24, 2.45) is 5.73 Å². The summed E-state index contributed by atoms with van der Waals surface area (Å²) in [5, 5.41) is 0. The Hall–Kier alpha value is -0.860. The first-order valence-electron chi connectivity index (χ1n) is 7.05. The highest BCUT2D eigenvalue weighted by molar-refractivity contribution is 5.32. The van der Waals surface area contributed by atoms with Gasteiger partial charge < -0.3 is 10.5 Å². The quantitative estimate of drug-likeness (QED) is 0.881. The molecule has 2 N–H and O–H groups in total. The molecule has 2 heteroatoms. The molecule has 0 spiro atoms. The van der Waals surface area contributed by atoms with Crippen LogP contribution in [0.2, 0.25) is 0 Å². The van der Waals surface area contributed by atoms with Crippen LogP contribution in [0.5, 0.6) is 0 Å². The molecule has 2 nitrogen and oxygen atoms in total. The van der Waals surface area contributed by atoms with Gasteiger partial charge in [0, 0.05) is 6.61 Å². The third kappa shape index (κ3) is 2.60. The fourth-order valence-electron chi connectivity index (χ4n) is 3.30. The molecule has 1 fully saturated rings. The summed E-state index contributed by atoms with van der Waals surface area (Å²) in [6.07, 6.45) is 4.65. The molecule has 18 heavy (non-hydrogen) atoms. The summed E-state index contributed by atoms with van der Waals surface area (Å²) < 4.78 is 6.06. The summed E-state index contributed by atoms with van der Waals surface area (Å²) in [6, 6.07) is 6.60. The molecule has 1 saturated carbocycles. The molecule has 0 bridgehead atoms. The lowest BCUT2D eigenvalue weighted by molar-refractivity contribution is -0.0536. The number of benzene rings is 1. The van der Waals surface area contributed by atoms with E-state index < -0.39 is 0 Å². The summed E-state index contributed by atoms with van der Waals surface area (Å²) in [4.78, 5) is 0. The Morgan fingerprint density at radius 3 is 2.22 bits per heavy atom. The van der Waals surface area contributed by atoms with Gasteiger partial charge in [-0.25, -0.2) is 0 Å². The molecular formula is C16H25NO. The van der Waals surface area contributed by atoms with Gasteiger partial charge in [0.2, 0.25) is 0 Å². The average Bonchev–Trinajstić information content (AvgIpc) is 2.77. The maximum atomic E-state index is 6.53. The van der Waals surface area contributed by atoms with Crippen molar-refractivity contribution < 1.29 is 4.74 Å². The number of ether oxygens (including phenoxy) is 1. The average molecular weight is 247 g/mol. The minimum Gasteiger partial charge on any atom is -0.373 e. The van der Waals surface area contributed by atoms with Crippen LogP contribution in [-0.2, 0) is 4.74 Å². The van der Waals surface area contributed by atoms with Crippen LogP contribution in [0.3, 0.4) is 0 Å². The Bertz CT molecular complexity index is 387. The van der Waals surface area contributed by atoms with Crippen molar-refractivity contribution in [2.75, 3.05) is 6.61 Å². The molecule has 1 aromatic carbocycles. The van der Waals surface area contributed by atoms with E-state index in [1.807, 2.05) is 0 Å². The van der Waals surface area contributed by atoms with Crippen LogP contribution < -0.4 is 5.73 Å². The molecular weight excluding hydrogens is 222 g/mol. The van der Waals surface area contributed by atoms with E-state index in [0.29, 0.717) is 0 Å². The van der Waals surface area contributed by atoms with Crippen LogP contribution in [0.1, 0.15) is 55.3 Å². The molecule has 0 heterocycles. The van der Waals surface area contributed by atoms with E-state index in [1.165, 1.54) is 29.5 Å². The number of rotatable bonds is 4. The van der Waals surface area contributed by atoms with E-state index in [1.54, 1.807) is 0 Å². The highest BCUT2D eigenvalue weighted by Gasteiger charge is 2.41. The Morgan fingerprint density at radius 1 is 1.17 bits per heavy atom. The van der Waals surface area contributed by atoms with E-state index in [9.17, 15) is 0 Å². The smallest absolute Gasteiger partial charge is 0.0874 e. The van der Waals surface area contributed by atoms with Crippen LogP contribution in [-0.4, -0.2) is 12.2 Å². The fourth-order valence-corrected chi connectivity index (χ4v) is 3.30. The first kappa shape index (κ1) is 13.6. The topological polar surface area (TPSA) is 35.2 Å². The van der Waals surface area contributed by atoms with Crippen LogP contribution in [0.4, 0.5) is 0 Å². The molecule has 0 amide bonds. The molecule has 0 aromatic heterocycles. The highest BCUT2D eigenvalue weighted by atomic mass is 16.5. The molecule has 0 radical (unpaired) electrons. The van der Waals surface area contributed by atoms with Gasteiger partial charge in [0.05, 0.1) is 11.6 Å². The lowest BCUT2D eigenvalue weighted by Crippen LogP contribution is -2.41. The van der Waals surface area contributed by atoms with Crippen molar-refractivity contribution in [1.29, 1.82) is 0 Å². The van der Waals surface area contributed by atoms with Gasteiger partial charge >= 0.3 is 0 Å². The van der Waals surface area contributed by atoms with Gasteiger partial charge in [-0.15, -0.1) is 0 Å². The van der Waals surface area contributed by atoms with Gasteiger partial charge in [0.15, 0.2) is 0 Å². The van der Waals surface area contributed by atoms with E-state index in [0.717, 1.165) is 19.4 Å². The normalized spacial score (nSPS) is 20.0. The summed E-state index contributed by atoms with van der Waals surface area (Å²) in [5.74, 6) is 0. The van der Waals surface area contributed by atoms with Gasteiger partial charge in [0.25, 0.3) is 0 Å². The standard InChI is InChI=1S/C16H25NO/c1-4-18-16(7-5-6-8-16)15(17)14-10-12(2)9-13(3)11-14/h9-11,15H,4-8,17H2,1-3H3. The Morgan fingerprint density at radius 2 is 1.72 bits per heavy atom. The zero-order chi connectivity index (χ0) is 13.2. The zero-order valence-corrected chi connectivity index (χ0v) is 11.8. The molecule has 1 aliphatic carbocycles. The third-order valence-corrected chi connectivity index (χ3v) is 4.05. The third-order valence-electron chi connectivity index (χ3n) is 4.05. The number of aryl methyl sites for hydroxylation is 2. The summed E-state index contributed by atoms with van der Waals surface area (Å²) in [7, 11) is 0. The van der Waals surface area contributed by atoms with Crippen LogP contribution in [0, 0.1) is 13.8 Å². The molecule has 1 aliphatic rings. The minimum atomic E-state index is -0.130. The monoisotopic (exact) mass is 247 g/mol. The van der Waals surface area contributed by atoms with Crippen molar-refractivity contribution in [3.8, 4) is 0 Å². The Kier molecular flexibility index (Phi) is 4.08. The predicted octanol–water partition coefficient (Wildman–Crippen LogP) is 3.65. The van der Waals surface area contributed by atoms with Crippen LogP contribution >= 0.6 is 0 Å². The number of hydrogen-bond donors (Lipinski definition) is 1. The second-order valence-corrected chi connectivity index (χ2v) is 5.60. The first-order chi connectivity index (χ1) is 8.57. The second-order valence-electron chi connectivity index (χ2n) is 5.60. The lowest BCUT2D eigenvalue weighted by Gasteiger charge is -2.35. The molecule has 2 rings (SSSR count). The molecule has 100 valence electrons. The summed E-state index contributed by atoms with van der Waals surface area (Å²) >= 11 is 0. The first-order valence-corrected chi connectivity index (χ1v) is 7.05. The van der Waals surface area contributed by atoms with Gasteiger partial charge in [-0.2, -0.15) is 0 Å². The highest BCUT2D eigenvalue weighted by Crippen LogP contribution is 2.42. The van der Waals surface area contributed by atoms with E-state index in [2.05, 4.69) is 39.0 Å². The Labute approximate surface area is 111 Å². The number of hydrogen-bond acceptors (Lipinski definition) is 2. The molecule has 1 unspecified atom stereocenters. The summed E-state index contributed by atoms with van der Waals surface area (Å²) in [5.41, 5.74) is 10.2. The van der Waals surface area contributed by atoms with Gasteiger partial charge in [0.1, 0.15) is 0 Å². The maximum Gasteiger partial charge on any atom is 0.0874 e. The lowest BCUT2D eigenvalue weighted by atomic mass is 9.86. The molecule has 1 aromatic rings. The zero-order valence-electron chi connectivity index (χ0n) is 11.8. The van der Waals surface area contributed by atoms with Crippen molar-refractivity contribution in [3.63, 3.8) is 0 Å². The van der Waals surface area contributed by atoms with Gasteiger partial charge in [-0.1, -0.05) is 42.2 Å². The van der Waals surface area contributed by atoms with Crippen molar-refractivity contribution in [3.05, 3.63) is 34.9 Å². The van der Waals surface area contributed by atoms with E-state index >= 15 is 0 Å². The largest absolute Gasteiger partial charge is 0.373 e.